The number of carboxylic acid groups (broad SMARTS) is 1. The Hall–Kier alpha value is -1.61. The summed E-state index contributed by atoms with van der Waals surface area (Å²) in [5.74, 6) is -0.984. The van der Waals surface area contributed by atoms with Crippen molar-refractivity contribution in [2.45, 2.75) is 25.3 Å². The van der Waals surface area contributed by atoms with E-state index in [0.29, 0.717) is 6.42 Å². The lowest BCUT2D eigenvalue weighted by Gasteiger charge is -2.19. The minimum atomic E-state index is -1.21. The van der Waals surface area contributed by atoms with Gasteiger partial charge in [-0.25, -0.2) is 0 Å². The molecule has 1 rings (SSSR count). The fourth-order valence-corrected chi connectivity index (χ4v) is 1.46. The molecule has 1 aromatic carbocycles. The van der Waals surface area contributed by atoms with Gasteiger partial charge in [0.1, 0.15) is 5.54 Å². The van der Waals surface area contributed by atoms with Crippen LogP contribution in [-0.4, -0.2) is 16.6 Å². The van der Waals surface area contributed by atoms with Crippen molar-refractivity contribution >= 4 is 5.97 Å². The third-order valence-corrected chi connectivity index (χ3v) is 2.46. The predicted octanol–water partition coefficient (Wildman–Crippen LogP) is 1.76. The molecule has 3 heteroatoms. The van der Waals surface area contributed by atoms with Gasteiger partial charge < -0.3 is 10.8 Å². The summed E-state index contributed by atoms with van der Waals surface area (Å²) in [5.41, 5.74) is 6.55. The van der Waals surface area contributed by atoms with Crippen LogP contribution in [0.3, 0.4) is 0 Å². The van der Waals surface area contributed by atoms with Gasteiger partial charge in [-0.2, -0.15) is 0 Å². The average Bonchev–Trinajstić information content (AvgIpc) is 2.21. The molecule has 0 amide bonds. The van der Waals surface area contributed by atoms with Gasteiger partial charge in [-0.05, 0) is 24.5 Å². The van der Waals surface area contributed by atoms with E-state index in [1.165, 1.54) is 6.92 Å². The molecule has 0 spiro atoms. The van der Waals surface area contributed by atoms with E-state index < -0.39 is 11.5 Å². The SMILES string of the molecule is C=CCc1ccc(CC(C)(N)C(=O)O)cc1. The summed E-state index contributed by atoms with van der Waals surface area (Å²) in [4.78, 5) is 10.9. The first-order chi connectivity index (χ1) is 7.45. The molecule has 0 saturated carbocycles. The van der Waals surface area contributed by atoms with Crippen LogP contribution >= 0.6 is 0 Å². The normalized spacial score (nSPS) is 14.1. The summed E-state index contributed by atoms with van der Waals surface area (Å²) in [6.07, 6.45) is 2.98. The van der Waals surface area contributed by atoms with Crippen molar-refractivity contribution in [1.82, 2.24) is 0 Å². The first kappa shape index (κ1) is 12.5. The molecule has 1 unspecified atom stereocenters. The monoisotopic (exact) mass is 219 g/mol. The molecule has 0 fully saturated rings. The molecule has 0 aromatic heterocycles. The predicted molar refractivity (Wildman–Crippen MR) is 64.3 cm³/mol. The third kappa shape index (κ3) is 3.21. The van der Waals surface area contributed by atoms with Crippen molar-refractivity contribution in [1.29, 1.82) is 0 Å². The molecule has 1 aromatic rings. The lowest BCUT2D eigenvalue weighted by Crippen LogP contribution is -2.46. The van der Waals surface area contributed by atoms with Crippen molar-refractivity contribution in [3.05, 3.63) is 48.0 Å². The zero-order chi connectivity index (χ0) is 12.2. The Morgan fingerprint density at radius 3 is 2.38 bits per heavy atom. The number of benzene rings is 1. The van der Waals surface area contributed by atoms with Crippen LogP contribution in [0.4, 0.5) is 0 Å². The van der Waals surface area contributed by atoms with E-state index in [2.05, 4.69) is 6.58 Å². The van der Waals surface area contributed by atoms with Crippen molar-refractivity contribution < 1.29 is 9.90 Å². The Bertz CT molecular complexity index is 379. The summed E-state index contributed by atoms with van der Waals surface area (Å²) >= 11 is 0. The number of nitrogens with two attached hydrogens (primary N) is 1. The molecule has 0 radical (unpaired) electrons. The number of carbonyl (C=O) groups is 1. The molecule has 0 aliphatic rings. The highest BCUT2D eigenvalue weighted by Gasteiger charge is 2.27. The van der Waals surface area contributed by atoms with E-state index in [4.69, 9.17) is 10.8 Å². The lowest BCUT2D eigenvalue weighted by atomic mass is 9.93. The van der Waals surface area contributed by atoms with Crippen molar-refractivity contribution in [3.8, 4) is 0 Å². The zero-order valence-corrected chi connectivity index (χ0v) is 9.44. The molecular weight excluding hydrogens is 202 g/mol. The van der Waals surface area contributed by atoms with Gasteiger partial charge in [0.05, 0.1) is 0 Å². The highest BCUT2D eigenvalue weighted by atomic mass is 16.4. The van der Waals surface area contributed by atoms with Crippen LogP contribution in [0.25, 0.3) is 0 Å². The second-order valence-electron chi connectivity index (χ2n) is 4.21. The molecule has 0 bridgehead atoms. The second kappa shape index (κ2) is 4.94. The number of allylic oxidation sites excluding steroid dienone is 1. The smallest absolute Gasteiger partial charge is 0.323 e. The van der Waals surface area contributed by atoms with Gasteiger partial charge in [0.15, 0.2) is 0 Å². The zero-order valence-electron chi connectivity index (χ0n) is 9.44. The van der Waals surface area contributed by atoms with Crippen LogP contribution in [0, 0.1) is 0 Å². The van der Waals surface area contributed by atoms with Crippen molar-refractivity contribution in [2.75, 3.05) is 0 Å². The molecule has 86 valence electrons. The highest BCUT2D eigenvalue weighted by molar-refractivity contribution is 5.78. The van der Waals surface area contributed by atoms with Crippen LogP contribution in [-0.2, 0) is 17.6 Å². The van der Waals surface area contributed by atoms with Crippen LogP contribution < -0.4 is 5.73 Å². The summed E-state index contributed by atoms with van der Waals surface area (Å²) in [5, 5.41) is 8.90. The largest absolute Gasteiger partial charge is 0.480 e. The molecule has 16 heavy (non-hydrogen) atoms. The Kier molecular flexibility index (Phi) is 3.85. The standard InChI is InChI=1S/C13H17NO2/c1-3-4-10-5-7-11(8-6-10)9-13(2,14)12(15)16/h3,5-8H,1,4,9,14H2,2H3,(H,15,16). The van der Waals surface area contributed by atoms with Crippen molar-refractivity contribution in [3.63, 3.8) is 0 Å². The Balaban J connectivity index is 2.75. The van der Waals surface area contributed by atoms with Gasteiger partial charge in [-0.15, -0.1) is 6.58 Å². The Morgan fingerprint density at radius 2 is 1.94 bits per heavy atom. The minimum absolute atomic E-state index is 0.330. The van der Waals surface area contributed by atoms with Gasteiger partial charge in [-0.1, -0.05) is 30.3 Å². The van der Waals surface area contributed by atoms with E-state index in [1.807, 2.05) is 30.3 Å². The van der Waals surface area contributed by atoms with E-state index in [-0.39, 0.29) is 0 Å². The maximum atomic E-state index is 10.9. The molecule has 0 aliphatic carbocycles. The summed E-state index contributed by atoms with van der Waals surface area (Å²) in [6, 6.07) is 7.75. The molecule has 0 saturated heterocycles. The summed E-state index contributed by atoms with van der Waals surface area (Å²) in [6.45, 7) is 5.18. The molecule has 3 N–H and O–H groups in total. The molecule has 3 nitrogen and oxygen atoms in total. The minimum Gasteiger partial charge on any atom is -0.480 e. The number of carboxylic acids is 1. The maximum absolute atomic E-state index is 10.9. The van der Waals surface area contributed by atoms with E-state index >= 15 is 0 Å². The van der Waals surface area contributed by atoms with Crippen molar-refractivity contribution in [2.24, 2.45) is 5.73 Å². The molecular formula is C13H17NO2. The average molecular weight is 219 g/mol. The Labute approximate surface area is 95.6 Å². The topological polar surface area (TPSA) is 63.3 Å². The van der Waals surface area contributed by atoms with Gasteiger partial charge in [-0.3, -0.25) is 4.79 Å². The first-order valence-electron chi connectivity index (χ1n) is 5.16. The van der Waals surface area contributed by atoms with Crippen LogP contribution in [0.15, 0.2) is 36.9 Å². The van der Waals surface area contributed by atoms with E-state index in [9.17, 15) is 4.79 Å². The number of hydrogen-bond acceptors (Lipinski definition) is 2. The van der Waals surface area contributed by atoms with Gasteiger partial charge in [0.25, 0.3) is 0 Å². The second-order valence-corrected chi connectivity index (χ2v) is 4.21. The fourth-order valence-electron chi connectivity index (χ4n) is 1.46. The van der Waals surface area contributed by atoms with Gasteiger partial charge in [0, 0.05) is 6.42 Å². The first-order valence-corrected chi connectivity index (χ1v) is 5.16. The van der Waals surface area contributed by atoms with E-state index in [1.54, 1.807) is 0 Å². The molecule has 0 aliphatic heterocycles. The highest BCUT2D eigenvalue weighted by Crippen LogP contribution is 2.12. The van der Waals surface area contributed by atoms with Crippen LogP contribution in [0.1, 0.15) is 18.1 Å². The van der Waals surface area contributed by atoms with Crippen LogP contribution in [0.5, 0.6) is 0 Å². The summed E-state index contributed by atoms with van der Waals surface area (Å²) in [7, 11) is 0. The Morgan fingerprint density at radius 1 is 1.44 bits per heavy atom. The number of hydrogen-bond donors (Lipinski definition) is 2. The van der Waals surface area contributed by atoms with E-state index in [0.717, 1.165) is 17.5 Å². The molecule has 0 heterocycles. The number of aliphatic carboxylic acids is 1. The lowest BCUT2D eigenvalue weighted by molar-refractivity contribution is -0.142. The number of rotatable bonds is 5. The molecule has 1 atom stereocenters. The third-order valence-electron chi connectivity index (χ3n) is 2.46. The van der Waals surface area contributed by atoms with Crippen LogP contribution in [0.2, 0.25) is 0 Å². The quantitative estimate of drug-likeness (QED) is 0.742. The van der Waals surface area contributed by atoms with Gasteiger partial charge in [0.2, 0.25) is 0 Å². The fraction of sp³-hybridized carbons (Fsp3) is 0.308. The summed E-state index contributed by atoms with van der Waals surface area (Å²) < 4.78 is 0. The maximum Gasteiger partial charge on any atom is 0.323 e. The van der Waals surface area contributed by atoms with Gasteiger partial charge >= 0.3 is 5.97 Å².